The second-order valence-corrected chi connectivity index (χ2v) is 5.39. The number of aliphatic hydroxyl groups is 1. The molecule has 1 atom stereocenters. The van der Waals surface area contributed by atoms with Crippen LogP contribution >= 0.6 is 11.3 Å². The molecule has 0 saturated carbocycles. The van der Waals surface area contributed by atoms with Crippen molar-refractivity contribution in [2.24, 2.45) is 0 Å². The van der Waals surface area contributed by atoms with Gasteiger partial charge in [-0.2, -0.15) is 0 Å². The first-order valence-electron chi connectivity index (χ1n) is 5.73. The minimum absolute atomic E-state index is 0.121. The largest absolute Gasteiger partial charge is 0.388 e. The van der Waals surface area contributed by atoms with Crippen molar-refractivity contribution >= 4 is 11.3 Å². The predicted molar refractivity (Wildman–Crippen MR) is 63.6 cm³/mol. The summed E-state index contributed by atoms with van der Waals surface area (Å²) in [6, 6.07) is 4.03. The average Bonchev–Trinajstić information content (AvgIpc) is 2.74. The number of hydrogen-bond donors (Lipinski definition) is 1. The molecule has 16 heavy (non-hydrogen) atoms. The Hall–Kier alpha value is -0.420. The van der Waals surface area contributed by atoms with Gasteiger partial charge in [0, 0.05) is 16.2 Å². The molecule has 2 heterocycles. The highest BCUT2D eigenvalue weighted by Crippen LogP contribution is 2.27. The molecule has 1 fully saturated rings. The minimum Gasteiger partial charge on any atom is -0.388 e. The summed E-state index contributed by atoms with van der Waals surface area (Å²) < 4.78 is 10.9. The summed E-state index contributed by atoms with van der Waals surface area (Å²) in [5.74, 6) is 0. The third-order valence-corrected chi connectivity index (χ3v) is 3.76. The van der Waals surface area contributed by atoms with Gasteiger partial charge in [0.25, 0.3) is 0 Å². The van der Waals surface area contributed by atoms with Gasteiger partial charge in [-0.15, -0.1) is 11.3 Å². The van der Waals surface area contributed by atoms with Gasteiger partial charge in [0.2, 0.25) is 0 Å². The molecule has 1 aromatic heterocycles. The summed E-state index contributed by atoms with van der Waals surface area (Å²) in [6.07, 6.45) is 1.93. The Morgan fingerprint density at radius 1 is 1.44 bits per heavy atom. The molecule has 0 aromatic carbocycles. The molecule has 0 bridgehead atoms. The fourth-order valence-electron chi connectivity index (χ4n) is 1.77. The summed E-state index contributed by atoms with van der Waals surface area (Å²) in [6.45, 7) is 3.60. The first kappa shape index (κ1) is 12.0. The second kappa shape index (κ2) is 5.77. The van der Waals surface area contributed by atoms with E-state index < -0.39 is 0 Å². The van der Waals surface area contributed by atoms with Gasteiger partial charge in [0.1, 0.15) is 0 Å². The predicted octanol–water partition coefficient (Wildman–Crippen LogP) is 2.63. The number of ether oxygens (including phenoxy) is 2. The maximum absolute atomic E-state index is 9.96. The Labute approximate surface area is 100 Å². The normalized spacial score (nSPS) is 19.9. The number of hydrogen-bond acceptors (Lipinski definition) is 4. The zero-order valence-corrected chi connectivity index (χ0v) is 10.3. The van der Waals surface area contributed by atoms with Crippen LogP contribution in [0, 0.1) is 6.92 Å². The molecule has 0 spiro atoms. The first-order valence-corrected chi connectivity index (χ1v) is 6.55. The summed E-state index contributed by atoms with van der Waals surface area (Å²) in [7, 11) is 0. The van der Waals surface area contributed by atoms with E-state index in [1.165, 1.54) is 4.88 Å². The summed E-state index contributed by atoms with van der Waals surface area (Å²) >= 11 is 1.65. The van der Waals surface area contributed by atoms with E-state index in [4.69, 9.17) is 9.47 Å². The molecule has 4 heteroatoms. The SMILES string of the molecule is Cc1ccc(C(O)CCC2OCCCO2)s1. The van der Waals surface area contributed by atoms with Crippen molar-refractivity contribution in [3.05, 3.63) is 21.9 Å². The molecule has 1 saturated heterocycles. The number of aliphatic hydroxyl groups excluding tert-OH is 1. The van der Waals surface area contributed by atoms with Gasteiger partial charge in [0.05, 0.1) is 19.3 Å². The van der Waals surface area contributed by atoms with Crippen LogP contribution in [0.3, 0.4) is 0 Å². The van der Waals surface area contributed by atoms with E-state index in [1.54, 1.807) is 11.3 Å². The van der Waals surface area contributed by atoms with E-state index in [2.05, 4.69) is 0 Å². The van der Waals surface area contributed by atoms with Gasteiger partial charge in [-0.1, -0.05) is 0 Å². The quantitative estimate of drug-likeness (QED) is 0.882. The molecular formula is C12H18O3S. The van der Waals surface area contributed by atoms with Crippen LogP contribution < -0.4 is 0 Å². The van der Waals surface area contributed by atoms with Crippen molar-refractivity contribution < 1.29 is 14.6 Å². The van der Waals surface area contributed by atoms with E-state index in [1.807, 2.05) is 19.1 Å². The highest BCUT2D eigenvalue weighted by molar-refractivity contribution is 7.11. The summed E-state index contributed by atoms with van der Waals surface area (Å²) in [5.41, 5.74) is 0. The molecule has 1 unspecified atom stereocenters. The Morgan fingerprint density at radius 3 is 2.81 bits per heavy atom. The zero-order chi connectivity index (χ0) is 11.4. The molecule has 1 aliphatic rings. The molecule has 1 aromatic rings. The van der Waals surface area contributed by atoms with Crippen LogP contribution in [0.15, 0.2) is 12.1 Å². The van der Waals surface area contributed by atoms with Crippen molar-refractivity contribution in [3.8, 4) is 0 Å². The molecule has 1 aliphatic heterocycles. The van der Waals surface area contributed by atoms with Gasteiger partial charge < -0.3 is 14.6 Å². The van der Waals surface area contributed by atoms with Crippen LogP contribution in [0.5, 0.6) is 0 Å². The van der Waals surface area contributed by atoms with Crippen LogP contribution in [0.2, 0.25) is 0 Å². The van der Waals surface area contributed by atoms with Crippen molar-refractivity contribution in [3.63, 3.8) is 0 Å². The van der Waals surface area contributed by atoms with Gasteiger partial charge in [0.15, 0.2) is 6.29 Å². The van der Waals surface area contributed by atoms with Gasteiger partial charge >= 0.3 is 0 Å². The summed E-state index contributed by atoms with van der Waals surface area (Å²) in [4.78, 5) is 2.27. The topological polar surface area (TPSA) is 38.7 Å². The fourth-order valence-corrected chi connectivity index (χ4v) is 2.67. The monoisotopic (exact) mass is 242 g/mol. The Kier molecular flexibility index (Phi) is 4.35. The van der Waals surface area contributed by atoms with Gasteiger partial charge in [-0.25, -0.2) is 0 Å². The lowest BCUT2D eigenvalue weighted by atomic mass is 10.1. The van der Waals surface area contributed by atoms with Crippen molar-refractivity contribution in [2.45, 2.75) is 38.6 Å². The van der Waals surface area contributed by atoms with Crippen LogP contribution in [0.25, 0.3) is 0 Å². The standard InChI is InChI=1S/C12H18O3S/c1-9-3-5-11(16-9)10(13)4-6-12-14-7-2-8-15-12/h3,5,10,12-13H,2,4,6-8H2,1H3. The third kappa shape index (κ3) is 3.28. The second-order valence-electron chi connectivity index (χ2n) is 4.07. The molecule has 1 N–H and O–H groups in total. The smallest absolute Gasteiger partial charge is 0.157 e. The van der Waals surface area contributed by atoms with E-state index in [0.29, 0.717) is 6.42 Å². The van der Waals surface area contributed by atoms with E-state index >= 15 is 0 Å². The lowest BCUT2D eigenvalue weighted by Gasteiger charge is -2.23. The fraction of sp³-hybridized carbons (Fsp3) is 0.667. The highest BCUT2D eigenvalue weighted by Gasteiger charge is 2.17. The van der Waals surface area contributed by atoms with Gasteiger partial charge in [-0.05, 0) is 31.9 Å². The van der Waals surface area contributed by atoms with Crippen LogP contribution in [-0.4, -0.2) is 24.6 Å². The highest BCUT2D eigenvalue weighted by atomic mass is 32.1. The molecule has 0 radical (unpaired) electrons. The third-order valence-electron chi connectivity index (χ3n) is 2.66. The molecule has 2 rings (SSSR count). The molecule has 3 nitrogen and oxygen atoms in total. The van der Waals surface area contributed by atoms with E-state index in [9.17, 15) is 5.11 Å². The van der Waals surface area contributed by atoms with Crippen molar-refractivity contribution in [1.82, 2.24) is 0 Å². The van der Waals surface area contributed by atoms with Crippen LogP contribution in [0.4, 0.5) is 0 Å². The van der Waals surface area contributed by atoms with Gasteiger partial charge in [-0.3, -0.25) is 0 Å². The van der Waals surface area contributed by atoms with E-state index in [0.717, 1.165) is 30.9 Å². The summed E-state index contributed by atoms with van der Waals surface area (Å²) in [5, 5.41) is 9.96. The average molecular weight is 242 g/mol. The molecule has 0 amide bonds. The van der Waals surface area contributed by atoms with E-state index in [-0.39, 0.29) is 12.4 Å². The number of thiophene rings is 1. The maximum Gasteiger partial charge on any atom is 0.157 e. The molecule has 0 aliphatic carbocycles. The zero-order valence-electron chi connectivity index (χ0n) is 9.52. The number of aryl methyl sites for hydroxylation is 1. The molecular weight excluding hydrogens is 224 g/mol. The number of rotatable bonds is 4. The Morgan fingerprint density at radius 2 is 2.19 bits per heavy atom. The first-order chi connectivity index (χ1) is 7.75. The lowest BCUT2D eigenvalue weighted by molar-refractivity contribution is -0.183. The Balaban J connectivity index is 1.76. The molecule has 90 valence electrons. The van der Waals surface area contributed by atoms with Crippen molar-refractivity contribution in [2.75, 3.05) is 13.2 Å². The minimum atomic E-state index is -0.382. The van der Waals surface area contributed by atoms with Crippen LogP contribution in [0.1, 0.15) is 35.1 Å². The lowest BCUT2D eigenvalue weighted by Crippen LogP contribution is -2.25. The van der Waals surface area contributed by atoms with Crippen LogP contribution in [-0.2, 0) is 9.47 Å². The van der Waals surface area contributed by atoms with Crippen molar-refractivity contribution in [1.29, 1.82) is 0 Å². The Bertz CT molecular complexity index is 318. The maximum atomic E-state index is 9.96.